The van der Waals surface area contributed by atoms with E-state index in [1.165, 1.54) is 136 Å². The molecule has 42 heavy (non-hydrogen) atoms. The molecule has 0 radical (unpaired) electrons. The lowest BCUT2D eigenvalue weighted by atomic mass is 10.1. The first-order valence-electron chi connectivity index (χ1n) is 16.4. The Morgan fingerprint density at radius 1 is 0.476 bits per heavy atom. The van der Waals surface area contributed by atoms with Gasteiger partial charge in [0.25, 0.3) is 0 Å². The summed E-state index contributed by atoms with van der Waals surface area (Å²) in [6.07, 6.45) is 20.3. The van der Waals surface area contributed by atoms with Crippen LogP contribution in [0, 0.1) is 0 Å². The molecule has 0 aliphatic heterocycles. The van der Waals surface area contributed by atoms with Crippen LogP contribution >= 0.6 is 45.3 Å². The molecular formula is C36H52OS4Si. The van der Waals surface area contributed by atoms with Crippen LogP contribution in [0.3, 0.4) is 0 Å². The average Bonchev–Trinajstić information content (AvgIpc) is 3.80. The van der Waals surface area contributed by atoms with Gasteiger partial charge in [-0.05, 0) is 93.4 Å². The predicted octanol–water partition coefficient (Wildman–Crippen LogP) is 14.0. The Balaban J connectivity index is 1.14. The maximum atomic E-state index is 5.66. The monoisotopic (exact) mass is 656 g/mol. The molecule has 0 aliphatic carbocycles. The Morgan fingerprint density at radius 3 is 1.26 bits per heavy atom. The molecule has 0 amide bonds. The molecule has 6 heteroatoms. The summed E-state index contributed by atoms with van der Waals surface area (Å²) < 4.78 is 5.66. The standard InChI is InChI=1S/C36H52OS4Si/c1-5-6-7-15-18-29-20-22-31(38-29)33-24-26-35(40-33)36-27-25-34(41-36)32-23-21-30(39-32)19-16-13-11-9-8-10-12-14-17-28-42(3,4)37-2/h20-27H,5-19,28H2,1-4H3. The summed E-state index contributed by atoms with van der Waals surface area (Å²) >= 11 is 7.88. The van der Waals surface area contributed by atoms with Crippen LogP contribution in [0.25, 0.3) is 29.3 Å². The SMILES string of the molecule is CCCCCCc1ccc(-c2ccc(-c3ccc(-c4ccc(CCCCCCCCCCC[Si](C)(C)OC)s4)s3)s2)s1. The Morgan fingerprint density at radius 2 is 0.833 bits per heavy atom. The van der Waals surface area contributed by atoms with Crippen LogP contribution < -0.4 is 0 Å². The largest absolute Gasteiger partial charge is 0.420 e. The molecule has 0 aromatic carbocycles. The van der Waals surface area contributed by atoms with E-state index in [1.807, 2.05) is 52.5 Å². The number of rotatable bonds is 21. The molecule has 4 rings (SSSR count). The third-order valence-electron chi connectivity index (χ3n) is 8.30. The zero-order valence-corrected chi connectivity index (χ0v) is 30.7. The summed E-state index contributed by atoms with van der Waals surface area (Å²) in [6.45, 7) is 6.95. The van der Waals surface area contributed by atoms with Gasteiger partial charge in [-0.3, -0.25) is 0 Å². The van der Waals surface area contributed by atoms with Crippen molar-refractivity contribution in [3.8, 4) is 29.3 Å². The topological polar surface area (TPSA) is 9.23 Å². The average molecular weight is 657 g/mol. The lowest BCUT2D eigenvalue weighted by Gasteiger charge is -2.19. The van der Waals surface area contributed by atoms with Gasteiger partial charge in [-0.2, -0.15) is 0 Å². The molecule has 0 N–H and O–H groups in total. The Bertz CT molecular complexity index is 1290. The molecule has 0 unspecified atom stereocenters. The minimum absolute atomic E-state index is 1.23. The van der Waals surface area contributed by atoms with Crippen molar-refractivity contribution >= 4 is 53.7 Å². The van der Waals surface area contributed by atoms with Crippen LogP contribution in [-0.4, -0.2) is 15.4 Å². The predicted molar refractivity (Wildman–Crippen MR) is 197 cm³/mol. The van der Waals surface area contributed by atoms with E-state index >= 15 is 0 Å². The maximum Gasteiger partial charge on any atom is 0.186 e. The van der Waals surface area contributed by atoms with E-state index in [-0.39, 0.29) is 0 Å². The number of thiophene rings is 4. The van der Waals surface area contributed by atoms with E-state index in [0.717, 1.165) is 0 Å². The van der Waals surface area contributed by atoms with Gasteiger partial charge in [-0.15, -0.1) is 45.3 Å². The third kappa shape index (κ3) is 11.2. The summed E-state index contributed by atoms with van der Waals surface area (Å²) in [7, 11) is 0.550. The molecule has 230 valence electrons. The van der Waals surface area contributed by atoms with Gasteiger partial charge in [0.2, 0.25) is 0 Å². The second-order valence-corrected chi connectivity index (χ2v) is 21.2. The minimum atomic E-state index is -1.34. The second kappa shape index (κ2) is 18.1. The van der Waals surface area contributed by atoms with Gasteiger partial charge in [0.1, 0.15) is 0 Å². The van der Waals surface area contributed by atoms with E-state index in [4.69, 9.17) is 4.43 Å². The number of unbranched alkanes of at least 4 members (excludes halogenated alkanes) is 11. The van der Waals surface area contributed by atoms with Crippen LogP contribution in [0.1, 0.15) is 100 Å². The van der Waals surface area contributed by atoms with Gasteiger partial charge in [-0.25, -0.2) is 0 Å². The van der Waals surface area contributed by atoms with Crippen molar-refractivity contribution in [3.05, 3.63) is 58.3 Å². The summed E-state index contributed by atoms with van der Waals surface area (Å²) in [4.78, 5) is 11.6. The molecule has 1 nitrogen and oxygen atoms in total. The van der Waals surface area contributed by atoms with Gasteiger partial charge in [0.15, 0.2) is 8.32 Å². The van der Waals surface area contributed by atoms with Crippen molar-refractivity contribution in [2.24, 2.45) is 0 Å². The molecule has 0 aliphatic rings. The van der Waals surface area contributed by atoms with E-state index in [2.05, 4.69) is 68.5 Å². The highest BCUT2D eigenvalue weighted by Gasteiger charge is 2.19. The van der Waals surface area contributed by atoms with E-state index in [9.17, 15) is 0 Å². The third-order valence-corrected chi connectivity index (χ3v) is 16.0. The van der Waals surface area contributed by atoms with Gasteiger partial charge in [0, 0.05) is 46.1 Å². The second-order valence-electron chi connectivity index (χ2n) is 12.3. The van der Waals surface area contributed by atoms with Crippen LogP contribution in [0.2, 0.25) is 19.1 Å². The van der Waals surface area contributed by atoms with Crippen LogP contribution in [-0.2, 0) is 17.3 Å². The zero-order valence-electron chi connectivity index (χ0n) is 26.5. The van der Waals surface area contributed by atoms with Crippen molar-refractivity contribution in [2.75, 3.05) is 7.11 Å². The van der Waals surface area contributed by atoms with Gasteiger partial charge in [0.05, 0.1) is 0 Å². The zero-order chi connectivity index (χ0) is 29.6. The molecule has 0 saturated carbocycles. The number of hydrogen-bond acceptors (Lipinski definition) is 5. The lowest BCUT2D eigenvalue weighted by Crippen LogP contribution is -2.27. The quantitative estimate of drug-likeness (QED) is 0.0640. The molecule has 4 heterocycles. The fourth-order valence-corrected chi connectivity index (χ4v) is 11.1. The Labute approximate surface area is 273 Å². The van der Waals surface area contributed by atoms with E-state index in [0.29, 0.717) is 0 Å². The first-order valence-corrected chi connectivity index (χ1v) is 22.8. The van der Waals surface area contributed by atoms with Crippen molar-refractivity contribution in [3.63, 3.8) is 0 Å². The molecule has 0 atom stereocenters. The summed E-state index contributed by atoms with van der Waals surface area (Å²) in [5.74, 6) is 0. The van der Waals surface area contributed by atoms with Gasteiger partial charge in [-0.1, -0.05) is 77.6 Å². The molecule has 0 spiro atoms. The highest BCUT2D eigenvalue weighted by molar-refractivity contribution is 7.28. The number of aryl methyl sites for hydroxylation is 2. The fraction of sp³-hybridized carbons (Fsp3) is 0.556. The number of hydrogen-bond donors (Lipinski definition) is 0. The van der Waals surface area contributed by atoms with E-state index in [1.54, 1.807) is 4.88 Å². The summed E-state index contributed by atoms with van der Waals surface area (Å²) in [5.41, 5.74) is 0. The molecule has 0 fully saturated rings. The normalized spacial score (nSPS) is 12.0. The Hall–Kier alpha value is -1.02. The first kappa shape index (κ1) is 33.9. The fourth-order valence-electron chi connectivity index (χ4n) is 5.41. The smallest absolute Gasteiger partial charge is 0.186 e. The van der Waals surface area contributed by atoms with Crippen molar-refractivity contribution in [1.29, 1.82) is 0 Å². The molecule has 0 saturated heterocycles. The lowest BCUT2D eigenvalue weighted by molar-refractivity contribution is 0.400. The maximum absolute atomic E-state index is 5.66. The van der Waals surface area contributed by atoms with Gasteiger partial charge >= 0.3 is 0 Å². The van der Waals surface area contributed by atoms with E-state index < -0.39 is 8.32 Å². The van der Waals surface area contributed by atoms with Crippen LogP contribution in [0.5, 0.6) is 0 Å². The molecule has 4 aromatic heterocycles. The molecular weight excluding hydrogens is 605 g/mol. The van der Waals surface area contributed by atoms with Crippen molar-refractivity contribution in [2.45, 2.75) is 122 Å². The summed E-state index contributed by atoms with van der Waals surface area (Å²) in [6, 6.07) is 20.0. The minimum Gasteiger partial charge on any atom is -0.420 e. The van der Waals surface area contributed by atoms with Crippen molar-refractivity contribution in [1.82, 2.24) is 0 Å². The first-order chi connectivity index (χ1) is 20.5. The van der Waals surface area contributed by atoms with Crippen molar-refractivity contribution < 1.29 is 4.43 Å². The molecule has 0 bridgehead atoms. The summed E-state index contributed by atoms with van der Waals surface area (Å²) in [5, 5.41) is 0. The molecule has 4 aromatic rings. The van der Waals surface area contributed by atoms with Crippen LogP contribution in [0.15, 0.2) is 48.5 Å². The Kier molecular flexibility index (Phi) is 14.6. The highest BCUT2D eigenvalue weighted by Crippen LogP contribution is 2.43. The van der Waals surface area contributed by atoms with Gasteiger partial charge < -0.3 is 4.43 Å². The van der Waals surface area contributed by atoms with Crippen LogP contribution in [0.4, 0.5) is 0 Å². The highest BCUT2D eigenvalue weighted by atomic mass is 32.1.